The molecule has 0 aromatic heterocycles. The van der Waals surface area contributed by atoms with Gasteiger partial charge in [0.1, 0.15) is 23.4 Å². The molecule has 3 rings (SSSR count). The number of ether oxygens (including phenoxy) is 2. The van der Waals surface area contributed by atoms with E-state index in [2.05, 4.69) is 10.1 Å². The summed E-state index contributed by atoms with van der Waals surface area (Å²) in [6.07, 6.45) is -5.30. The average molecular weight is 412 g/mol. The molecule has 142 valence electrons. The van der Waals surface area contributed by atoms with Crippen LogP contribution in [0.2, 0.25) is 5.02 Å². The highest BCUT2D eigenvalue weighted by Crippen LogP contribution is 2.34. The van der Waals surface area contributed by atoms with Crippen LogP contribution in [-0.4, -0.2) is 19.5 Å². The molecule has 0 saturated carbocycles. The molecular weight excluding hydrogens is 397 g/mol. The molecule has 0 unspecified atom stereocenters. The number of alkyl halides is 3. The van der Waals surface area contributed by atoms with E-state index in [4.69, 9.17) is 16.3 Å². The van der Waals surface area contributed by atoms with Gasteiger partial charge in [0.05, 0.1) is 5.02 Å². The van der Waals surface area contributed by atoms with Crippen molar-refractivity contribution in [3.63, 3.8) is 0 Å². The summed E-state index contributed by atoms with van der Waals surface area (Å²) in [6.45, 7) is 1.32. The van der Waals surface area contributed by atoms with Crippen molar-refractivity contribution >= 4 is 24.0 Å². The van der Waals surface area contributed by atoms with E-state index < -0.39 is 18.3 Å². The smallest absolute Gasteiger partial charge is 0.485 e. The molecule has 9 heteroatoms. The fraction of sp³-hybridized carbons (Fsp3) is 0.294. The van der Waals surface area contributed by atoms with Gasteiger partial charge in [0.25, 0.3) is 0 Å². The van der Waals surface area contributed by atoms with Gasteiger partial charge in [0.15, 0.2) is 0 Å². The fourth-order valence-corrected chi connectivity index (χ4v) is 2.66. The number of benzene rings is 2. The van der Waals surface area contributed by atoms with Crippen molar-refractivity contribution in [3.05, 3.63) is 58.9 Å². The van der Waals surface area contributed by atoms with Crippen LogP contribution >= 0.6 is 24.0 Å². The number of rotatable bonds is 5. The average Bonchev–Trinajstić information content (AvgIpc) is 2.46. The monoisotopic (exact) mass is 411 g/mol. The van der Waals surface area contributed by atoms with Crippen molar-refractivity contribution in [2.45, 2.75) is 12.5 Å². The van der Waals surface area contributed by atoms with E-state index in [9.17, 15) is 17.6 Å². The number of hydrogen-bond donors (Lipinski definition) is 1. The summed E-state index contributed by atoms with van der Waals surface area (Å²) in [5.41, 5.74) is 0.565. The zero-order valence-electron chi connectivity index (χ0n) is 13.2. The van der Waals surface area contributed by atoms with Gasteiger partial charge >= 0.3 is 6.36 Å². The van der Waals surface area contributed by atoms with E-state index in [0.717, 1.165) is 6.07 Å². The quantitative estimate of drug-likeness (QED) is 0.691. The van der Waals surface area contributed by atoms with E-state index in [1.807, 2.05) is 0 Å². The number of hydrogen-bond acceptors (Lipinski definition) is 3. The highest BCUT2D eigenvalue weighted by molar-refractivity contribution is 6.30. The second-order valence-corrected chi connectivity index (χ2v) is 6.06. The third kappa shape index (κ3) is 5.16. The topological polar surface area (TPSA) is 30.5 Å². The Bertz CT molecular complexity index is 754. The maximum Gasteiger partial charge on any atom is 0.573 e. The third-order valence-electron chi connectivity index (χ3n) is 3.82. The molecule has 0 spiro atoms. The molecule has 0 bridgehead atoms. The van der Waals surface area contributed by atoms with E-state index >= 15 is 0 Å². The normalized spacial score (nSPS) is 15.6. The first-order valence-corrected chi connectivity index (χ1v) is 7.88. The van der Waals surface area contributed by atoms with Crippen LogP contribution in [0.15, 0.2) is 42.5 Å². The first-order valence-electron chi connectivity index (χ1n) is 7.50. The van der Waals surface area contributed by atoms with Gasteiger partial charge in [-0.05, 0) is 29.8 Å². The van der Waals surface area contributed by atoms with Crippen molar-refractivity contribution in [1.29, 1.82) is 0 Å². The Morgan fingerprint density at radius 1 is 1.08 bits per heavy atom. The molecule has 3 nitrogen and oxygen atoms in total. The van der Waals surface area contributed by atoms with Crippen molar-refractivity contribution in [3.8, 4) is 11.5 Å². The minimum atomic E-state index is -4.78. The van der Waals surface area contributed by atoms with Crippen molar-refractivity contribution in [2.24, 2.45) is 5.92 Å². The third-order valence-corrected chi connectivity index (χ3v) is 4.12. The molecule has 2 aromatic rings. The zero-order chi connectivity index (χ0) is 18.0. The van der Waals surface area contributed by atoms with Crippen LogP contribution in [0.5, 0.6) is 11.5 Å². The number of nitrogens with one attached hydrogen (secondary N) is 1. The number of halogens is 6. The van der Waals surface area contributed by atoms with Crippen molar-refractivity contribution in [2.75, 3.05) is 13.1 Å². The Balaban J connectivity index is 0.00000243. The lowest BCUT2D eigenvalue weighted by molar-refractivity contribution is -0.274. The first kappa shape index (κ1) is 20.6. The summed E-state index contributed by atoms with van der Waals surface area (Å²) in [7, 11) is 0. The van der Waals surface area contributed by atoms with Gasteiger partial charge in [-0.25, -0.2) is 4.39 Å². The summed E-state index contributed by atoms with van der Waals surface area (Å²) >= 11 is 5.70. The van der Waals surface area contributed by atoms with Crippen LogP contribution in [0.3, 0.4) is 0 Å². The lowest BCUT2D eigenvalue weighted by Crippen LogP contribution is -2.46. The largest absolute Gasteiger partial charge is 0.573 e. The molecule has 1 fully saturated rings. The molecule has 1 saturated heterocycles. The summed E-state index contributed by atoms with van der Waals surface area (Å²) in [5.74, 6) is -0.686. The lowest BCUT2D eigenvalue weighted by Gasteiger charge is -2.35. The Hall–Kier alpha value is -1.70. The van der Waals surface area contributed by atoms with Gasteiger partial charge in [-0.1, -0.05) is 23.7 Å². The molecule has 0 aliphatic carbocycles. The SMILES string of the molecule is Cl.Fc1cc([C@H](Oc2cccc(OC(F)(F)F)c2)C2CNC2)ccc1Cl. The van der Waals surface area contributed by atoms with Crippen LogP contribution < -0.4 is 14.8 Å². The molecule has 1 N–H and O–H groups in total. The van der Waals surface area contributed by atoms with Crippen molar-refractivity contribution < 1.29 is 27.0 Å². The van der Waals surface area contributed by atoms with E-state index in [0.29, 0.717) is 18.7 Å². The van der Waals surface area contributed by atoms with Crippen molar-refractivity contribution in [1.82, 2.24) is 5.32 Å². The second-order valence-electron chi connectivity index (χ2n) is 5.65. The maximum atomic E-state index is 13.8. The van der Waals surface area contributed by atoms with Crippen LogP contribution in [0, 0.1) is 11.7 Å². The Morgan fingerprint density at radius 3 is 2.35 bits per heavy atom. The Kier molecular flexibility index (Phi) is 6.60. The lowest BCUT2D eigenvalue weighted by atomic mass is 9.90. The van der Waals surface area contributed by atoms with Crippen LogP contribution in [-0.2, 0) is 0 Å². The van der Waals surface area contributed by atoms with Gasteiger partial charge in [-0.3, -0.25) is 0 Å². The summed E-state index contributed by atoms with van der Waals surface area (Å²) in [4.78, 5) is 0. The molecule has 0 radical (unpaired) electrons. The summed E-state index contributed by atoms with van der Waals surface area (Å²) in [5, 5.41) is 3.09. The highest BCUT2D eigenvalue weighted by atomic mass is 35.5. The highest BCUT2D eigenvalue weighted by Gasteiger charge is 2.32. The summed E-state index contributed by atoms with van der Waals surface area (Å²) < 4.78 is 60.6. The van der Waals surface area contributed by atoms with Gasteiger partial charge in [-0.15, -0.1) is 25.6 Å². The fourth-order valence-electron chi connectivity index (χ4n) is 2.54. The van der Waals surface area contributed by atoms with Crippen LogP contribution in [0.1, 0.15) is 11.7 Å². The standard InChI is InChI=1S/C17H14ClF4NO2.ClH/c18-14-5-4-10(6-15(14)19)16(11-8-23-9-11)24-12-2-1-3-13(7-12)25-17(20,21)22;/h1-7,11,16,23H,8-9H2;1H/t16-;/m0./s1. The molecule has 1 heterocycles. The van der Waals surface area contributed by atoms with Gasteiger partial charge in [-0.2, -0.15) is 0 Å². The minimum absolute atomic E-state index is 0. The first-order chi connectivity index (χ1) is 11.8. The van der Waals surface area contributed by atoms with E-state index in [1.54, 1.807) is 6.07 Å². The van der Waals surface area contributed by atoms with Gasteiger partial charge in [0.2, 0.25) is 0 Å². The van der Waals surface area contributed by atoms with Crippen LogP contribution in [0.4, 0.5) is 17.6 Å². The minimum Gasteiger partial charge on any atom is -0.485 e. The Labute approximate surface area is 158 Å². The molecule has 26 heavy (non-hydrogen) atoms. The van der Waals surface area contributed by atoms with E-state index in [1.165, 1.54) is 30.3 Å². The molecule has 1 aliphatic heterocycles. The van der Waals surface area contributed by atoms with Crippen LogP contribution in [0.25, 0.3) is 0 Å². The summed E-state index contributed by atoms with van der Waals surface area (Å²) in [6, 6.07) is 9.61. The second kappa shape index (κ2) is 8.33. The van der Waals surface area contributed by atoms with Gasteiger partial charge in [0, 0.05) is 25.1 Å². The molecule has 2 aromatic carbocycles. The molecule has 1 atom stereocenters. The zero-order valence-corrected chi connectivity index (χ0v) is 14.8. The predicted molar refractivity (Wildman–Crippen MR) is 91.5 cm³/mol. The predicted octanol–water partition coefficient (Wildman–Crippen LogP) is 5.14. The van der Waals surface area contributed by atoms with Gasteiger partial charge < -0.3 is 14.8 Å². The van der Waals surface area contributed by atoms with E-state index in [-0.39, 0.29) is 34.8 Å². The maximum absolute atomic E-state index is 13.8. The Morgan fingerprint density at radius 2 is 1.77 bits per heavy atom. The molecular formula is C17H15Cl2F4NO2. The molecule has 1 aliphatic rings. The molecule has 0 amide bonds.